The summed E-state index contributed by atoms with van der Waals surface area (Å²) in [7, 11) is 1.69. The molecule has 22 heavy (non-hydrogen) atoms. The van der Waals surface area contributed by atoms with E-state index in [1.165, 1.54) is 37.7 Å². The average molecular weight is 364 g/mol. The Hall–Kier alpha value is -1.07. The van der Waals surface area contributed by atoms with Crippen molar-refractivity contribution in [1.29, 1.82) is 0 Å². The van der Waals surface area contributed by atoms with Gasteiger partial charge in [-0.2, -0.15) is 5.10 Å². The zero-order chi connectivity index (χ0) is 15.3. The molecule has 2 aliphatic rings. The van der Waals surface area contributed by atoms with Crippen molar-refractivity contribution in [1.82, 2.24) is 15.1 Å². The summed E-state index contributed by atoms with van der Waals surface area (Å²) < 4.78 is 8.55. The molecule has 0 bridgehead atoms. The van der Waals surface area contributed by atoms with Gasteiger partial charge in [0.15, 0.2) is 0 Å². The quantitative estimate of drug-likeness (QED) is 0.882. The SMILES string of the molecule is COc1cc2nn(C3CCC4(CNC4)CC3C)cc2cc1Br. The first-order valence-electron chi connectivity index (χ1n) is 8.03. The normalized spacial score (nSPS) is 27.0. The van der Waals surface area contributed by atoms with Gasteiger partial charge in [-0.05, 0) is 52.6 Å². The third-order valence-corrected chi connectivity index (χ3v) is 6.14. The Bertz CT molecular complexity index is 707. The largest absolute Gasteiger partial charge is 0.495 e. The predicted molar refractivity (Wildman–Crippen MR) is 91.3 cm³/mol. The summed E-state index contributed by atoms with van der Waals surface area (Å²) in [5.74, 6) is 1.52. The van der Waals surface area contributed by atoms with Crippen LogP contribution in [0.4, 0.5) is 0 Å². The van der Waals surface area contributed by atoms with Crippen molar-refractivity contribution in [2.45, 2.75) is 32.2 Å². The summed E-state index contributed by atoms with van der Waals surface area (Å²) in [5.41, 5.74) is 1.59. The summed E-state index contributed by atoms with van der Waals surface area (Å²) in [4.78, 5) is 0. The zero-order valence-corrected chi connectivity index (χ0v) is 14.7. The maximum atomic E-state index is 5.38. The Morgan fingerprint density at radius 2 is 2.23 bits per heavy atom. The Kier molecular flexibility index (Phi) is 3.46. The van der Waals surface area contributed by atoms with E-state index in [4.69, 9.17) is 9.84 Å². The van der Waals surface area contributed by atoms with E-state index in [2.05, 4.69) is 45.1 Å². The van der Waals surface area contributed by atoms with Crippen LogP contribution in [-0.4, -0.2) is 30.0 Å². The molecule has 0 amide bonds. The molecule has 118 valence electrons. The minimum absolute atomic E-state index is 0.517. The van der Waals surface area contributed by atoms with E-state index in [0.29, 0.717) is 17.4 Å². The van der Waals surface area contributed by atoms with Gasteiger partial charge in [-0.15, -0.1) is 0 Å². The molecule has 1 aromatic carbocycles. The molecule has 2 atom stereocenters. The first-order valence-corrected chi connectivity index (χ1v) is 8.83. The smallest absolute Gasteiger partial charge is 0.135 e. The van der Waals surface area contributed by atoms with Crippen LogP contribution in [0.15, 0.2) is 22.8 Å². The van der Waals surface area contributed by atoms with Crippen molar-refractivity contribution in [2.24, 2.45) is 11.3 Å². The summed E-state index contributed by atoms with van der Waals surface area (Å²) in [6, 6.07) is 4.63. The lowest BCUT2D eigenvalue weighted by Crippen LogP contribution is -2.56. The van der Waals surface area contributed by atoms with Crippen LogP contribution in [0.25, 0.3) is 10.9 Å². The number of ether oxygens (including phenoxy) is 1. The first kappa shape index (κ1) is 14.5. The number of hydrogen-bond acceptors (Lipinski definition) is 3. The topological polar surface area (TPSA) is 39.1 Å². The lowest BCUT2D eigenvalue weighted by Gasteiger charge is -2.50. The maximum Gasteiger partial charge on any atom is 0.135 e. The summed E-state index contributed by atoms with van der Waals surface area (Å²) in [6.07, 6.45) is 6.05. The number of aromatic nitrogens is 2. The van der Waals surface area contributed by atoms with Crippen molar-refractivity contribution < 1.29 is 4.74 Å². The number of hydrogen-bond donors (Lipinski definition) is 1. The van der Waals surface area contributed by atoms with Crippen molar-refractivity contribution in [2.75, 3.05) is 20.2 Å². The van der Waals surface area contributed by atoms with E-state index in [-0.39, 0.29) is 0 Å². The lowest BCUT2D eigenvalue weighted by atomic mass is 9.65. The van der Waals surface area contributed by atoms with Crippen molar-refractivity contribution in [3.63, 3.8) is 0 Å². The molecule has 1 N–H and O–H groups in total. The van der Waals surface area contributed by atoms with Crippen LogP contribution in [0, 0.1) is 11.3 Å². The van der Waals surface area contributed by atoms with E-state index in [1.54, 1.807) is 7.11 Å². The Balaban J connectivity index is 1.63. The van der Waals surface area contributed by atoms with Crippen molar-refractivity contribution in [3.05, 3.63) is 22.8 Å². The summed E-state index contributed by atoms with van der Waals surface area (Å²) in [6.45, 7) is 4.79. The van der Waals surface area contributed by atoms with Gasteiger partial charge in [-0.3, -0.25) is 4.68 Å². The van der Waals surface area contributed by atoms with E-state index < -0.39 is 0 Å². The first-order chi connectivity index (χ1) is 10.6. The van der Waals surface area contributed by atoms with Gasteiger partial charge in [0.1, 0.15) is 5.75 Å². The third kappa shape index (κ3) is 2.26. The number of benzene rings is 1. The minimum Gasteiger partial charge on any atom is -0.495 e. The van der Waals surface area contributed by atoms with Crippen LogP contribution in [0.5, 0.6) is 5.75 Å². The molecule has 1 saturated heterocycles. The number of nitrogens with one attached hydrogen (secondary N) is 1. The molecule has 2 aromatic rings. The van der Waals surface area contributed by atoms with Gasteiger partial charge < -0.3 is 10.1 Å². The Labute approximate surface area is 139 Å². The second-order valence-electron chi connectivity index (χ2n) is 7.05. The van der Waals surface area contributed by atoms with Gasteiger partial charge in [-0.1, -0.05) is 6.92 Å². The van der Waals surface area contributed by atoms with Crippen molar-refractivity contribution in [3.8, 4) is 5.75 Å². The van der Waals surface area contributed by atoms with E-state index in [9.17, 15) is 0 Å². The van der Waals surface area contributed by atoms with E-state index >= 15 is 0 Å². The Morgan fingerprint density at radius 1 is 1.41 bits per heavy atom. The molecule has 2 heterocycles. The second-order valence-corrected chi connectivity index (χ2v) is 7.90. The lowest BCUT2D eigenvalue weighted by molar-refractivity contribution is 0.0452. The highest BCUT2D eigenvalue weighted by atomic mass is 79.9. The molecule has 1 aliphatic carbocycles. The Morgan fingerprint density at radius 3 is 2.86 bits per heavy atom. The molecule has 0 radical (unpaired) electrons. The molecule has 1 aliphatic heterocycles. The van der Waals surface area contributed by atoms with Gasteiger partial charge in [0.05, 0.1) is 23.1 Å². The number of fused-ring (bicyclic) bond motifs is 1. The number of nitrogens with zero attached hydrogens (tertiary/aromatic N) is 2. The molecule has 2 unspecified atom stereocenters. The fraction of sp³-hybridized carbons (Fsp3) is 0.588. The summed E-state index contributed by atoms with van der Waals surface area (Å²) in [5, 5.41) is 9.45. The molecule has 1 spiro atoms. The van der Waals surface area contributed by atoms with Gasteiger partial charge in [-0.25, -0.2) is 0 Å². The van der Waals surface area contributed by atoms with Gasteiger partial charge >= 0.3 is 0 Å². The zero-order valence-electron chi connectivity index (χ0n) is 13.1. The predicted octanol–water partition coefficient (Wildman–Crippen LogP) is 3.76. The molecule has 1 aromatic heterocycles. The molecular formula is C17H22BrN3O. The number of halogens is 1. The average Bonchev–Trinajstić information content (AvgIpc) is 2.86. The van der Waals surface area contributed by atoms with E-state index in [0.717, 1.165) is 15.7 Å². The van der Waals surface area contributed by atoms with E-state index in [1.807, 2.05) is 6.07 Å². The van der Waals surface area contributed by atoms with Gasteiger partial charge in [0.25, 0.3) is 0 Å². The number of rotatable bonds is 2. The molecule has 4 rings (SSSR count). The highest BCUT2D eigenvalue weighted by Gasteiger charge is 2.43. The monoisotopic (exact) mass is 363 g/mol. The number of methoxy groups -OCH3 is 1. The third-order valence-electron chi connectivity index (χ3n) is 5.52. The molecule has 2 fully saturated rings. The summed E-state index contributed by atoms with van der Waals surface area (Å²) >= 11 is 3.56. The van der Waals surface area contributed by atoms with Gasteiger partial charge in [0, 0.05) is 30.7 Å². The van der Waals surface area contributed by atoms with Crippen LogP contribution in [-0.2, 0) is 0 Å². The fourth-order valence-corrected chi connectivity index (χ4v) is 4.75. The second kappa shape index (κ2) is 5.24. The minimum atomic E-state index is 0.517. The highest BCUT2D eigenvalue weighted by Crippen LogP contribution is 2.46. The molecular weight excluding hydrogens is 342 g/mol. The van der Waals surface area contributed by atoms with Gasteiger partial charge in [0.2, 0.25) is 0 Å². The molecule has 5 heteroatoms. The van der Waals surface area contributed by atoms with Crippen LogP contribution in [0.1, 0.15) is 32.2 Å². The van der Waals surface area contributed by atoms with Crippen LogP contribution >= 0.6 is 15.9 Å². The standard InChI is InChI=1S/C17H22BrN3O/c1-11-7-17(9-19-10-17)4-3-15(11)21-8-12-5-13(18)16(22-2)6-14(12)20-21/h5-6,8,11,15,19H,3-4,7,9-10H2,1-2H3. The molecule has 1 saturated carbocycles. The maximum absolute atomic E-state index is 5.38. The van der Waals surface area contributed by atoms with Crippen molar-refractivity contribution >= 4 is 26.8 Å². The van der Waals surface area contributed by atoms with Crippen LogP contribution in [0.2, 0.25) is 0 Å². The van der Waals surface area contributed by atoms with Crippen LogP contribution < -0.4 is 10.1 Å². The molecule has 4 nitrogen and oxygen atoms in total. The highest BCUT2D eigenvalue weighted by molar-refractivity contribution is 9.10. The fourth-order valence-electron chi connectivity index (χ4n) is 4.22. The van der Waals surface area contributed by atoms with Crippen LogP contribution in [0.3, 0.4) is 0 Å².